The van der Waals surface area contributed by atoms with Gasteiger partial charge in [-0.1, -0.05) is 62.1 Å². The second kappa shape index (κ2) is 14.7. The Morgan fingerprint density at radius 3 is 2.92 bits per heavy atom. The minimum Gasteiger partial charge on any atom is -0.437 e. The molecule has 0 saturated heterocycles. The van der Waals surface area contributed by atoms with Crippen LogP contribution in [0.25, 0.3) is 0 Å². The lowest BCUT2D eigenvalue weighted by Gasteiger charge is -2.29. The van der Waals surface area contributed by atoms with Gasteiger partial charge in [-0.15, -0.1) is 0 Å². The Morgan fingerprint density at radius 2 is 2.04 bits per heavy atom. The lowest BCUT2D eigenvalue weighted by Crippen LogP contribution is -3.13. The Morgan fingerprint density at radius 1 is 1.16 bits per heavy atom. The average Bonchev–Trinajstić information content (AvgIpc) is 3.70. The lowest BCUT2D eigenvalue weighted by atomic mass is 9.84. The number of ether oxygens (including phenoxy) is 2. The summed E-state index contributed by atoms with van der Waals surface area (Å²) in [6, 6.07) is 9.67. The molecule has 5 aliphatic heterocycles. The zero-order valence-corrected chi connectivity index (χ0v) is 28.1. The molecule has 5 aliphatic rings. The number of allylic oxidation sites excluding steroid dienone is 1. The highest BCUT2D eigenvalue weighted by molar-refractivity contribution is 6.08. The van der Waals surface area contributed by atoms with Gasteiger partial charge in [0.05, 0.1) is 17.8 Å². The van der Waals surface area contributed by atoms with Crippen molar-refractivity contribution in [1.82, 2.24) is 5.32 Å². The first-order valence-electron chi connectivity index (χ1n) is 17.7. The maximum absolute atomic E-state index is 12.7. The topological polar surface area (TPSA) is 131 Å². The summed E-state index contributed by atoms with van der Waals surface area (Å²) in [6.45, 7) is 3.53. The predicted molar refractivity (Wildman–Crippen MR) is 186 cm³/mol. The number of unbranched alkanes of at least 4 members (excludes halogenated alkanes) is 2. The number of fused-ring (bicyclic) bond motifs is 7. The second-order valence-corrected chi connectivity index (χ2v) is 13.7. The molecule has 5 heterocycles. The van der Waals surface area contributed by atoms with Crippen molar-refractivity contribution >= 4 is 11.5 Å². The zero-order chi connectivity index (χ0) is 33.9. The molecule has 2 aromatic rings. The maximum atomic E-state index is 12.7. The third kappa shape index (κ3) is 7.23. The first-order chi connectivity index (χ1) is 23.9. The van der Waals surface area contributed by atoms with Crippen LogP contribution in [0.3, 0.4) is 0 Å². The number of aryl methyl sites for hydroxylation is 1. The van der Waals surface area contributed by atoms with Gasteiger partial charge >= 0.3 is 0 Å². The van der Waals surface area contributed by atoms with Crippen LogP contribution in [0, 0.1) is 29.8 Å². The molecule has 9 heteroatoms. The molecule has 49 heavy (non-hydrogen) atoms. The number of ketones is 1. The summed E-state index contributed by atoms with van der Waals surface area (Å²) in [5.41, 5.74) is 14.7. The highest BCUT2D eigenvalue weighted by Gasteiger charge is 2.40. The zero-order valence-electron chi connectivity index (χ0n) is 28.1. The number of aliphatic hydroxyl groups excluding tert-OH is 2. The molecule has 6 atom stereocenters. The first kappa shape index (κ1) is 33.3. The van der Waals surface area contributed by atoms with Gasteiger partial charge in [0.15, 0.2) is 11.5 Å². The summed E-state index contributed by atoms with van der Waals surface area (Å²) in [6.07, 6.45) is 11.3. The fourth-order valence-corrected chi connectivity index (χ4v) is 7.54. The summed E-state index contributed by atoms with van der Waals surface area (Å²) in [5.74, 6) is 10.4. The van der Waals surface area contributed by atoms with E-state index in [-0.39, 0.29) is 24.3 Å². The van der Waals surface area contributed by atoms with Crippen molar-refractivity contribution in [2.75, 3.05) is 13.1 Å². The van der Waals surface area contributed by atoms with E-state index in [1.54, 1.807) is 0 Å². The van der Waals surface area contributed by atoms with Gasteiger partial charge in [0.1, 0.15) is 42.4 Å². The molecule has 0 radical (unpaired) electrons. The molecular formula is C40H45N4O5+. The van der Waals surface area contributed by atoms with Crippen LogP contribution in [-0.4, -0.2) is 47.1 Å². The Kier molecular flexibility index (Phi) is 10.00. The minimum atomic E-state index is -0.996. The fraction of sp³-hybridized carbons (Fsp3) is 0.450. The summed E-state index contributed by atoms with van der Waals surface area (Å²) in [4.78, 5) is 18.6. The molecule has 0 aromatic heterocycles. The van der Waals surface area contributed by atoms with E-state index < -0.39 is 18.4 Å². The van der Waals surface area contributed by atoms with E-state index in [0.717, 1.165) is 76.2 Å². The van der Waals surface area contributed by atoms with Crippen LogP contribution in [0.5, 0.6) is 11.5 Å². The van der Waals surface area contributed by atoms with Gasteiger partial charge in [0.2, 0.25) is 0 Å². The SMILES string of the molecule is CCCCC[C@@H](O)CC(=O)CCc1ccc2c(c1)O[C@H]1[C@H](C#C[C@H](O)c3ccc4c(c3CC3=CN=C5C[NH+]1C=C35)CCN[C@H]4N)CC#CO2. The van der Waals surface area contributed by atoms with Crippen molar-refractivity contribution in [3.8, 4) is 35.4 Å². The van der Waals surface area contributed by atoms with Gasteiger partial charge in [-0.3, -0.25) is 20.0 Å². The smallest absolute Gasteiger partial charge is 0.251 e. The minimum absolute atomic E-state index is 0.0506. The van der Waals surface area contributed by atoms with Gasteiger partial charge in [-0.05, 0) is 64.8 Å². The normalized spacial score (nSPS) is 25.3. The number of aliphatic imine (C=N–C) groups is 1. The molecule has 9 nitrogen and oxygen atoms in total. The quantitative estimate of drug-likeness (QED) is 0.206. The predicted octanol–water partition coefficient (Wildman–Crippen LogP) is 3.10. The number of aliphatic hydroxyl groups is 2. The van der Waals surface area contributed by atoms with Crippen LogP contribution in [0.4, 0.5) is 0 Å². The van der Waals surface area contributed by atoms with E-state index in [1.807, 2.05) is 36.5 Å². The van der Waals surface area contributed by atoms with Crippen molar-refractivity contribution in [1.29, 1.82) is 0 Å². The molecule has 0 saturated carbocycles. The van der Waals surface area contributed by atoms with Crippen molar-refractivity contribution in [3.63, 3.8) is 0 Å². The van der Waals surface area contributed by atoms with Crippen LogP contribution in [-0.2, 0) is 24.1 Å². The summed E-state index contributed by atoms with van der Waals surface area (Å²) >= 11 is 0. The molecular weight excluding hydrogens is 616 g/mol. The largest absolute Gasteiger partial charge is 0.437 e. The summed E-state index contributed by atoms with van der Waals surface area (Å²) in [5, 5.41) is 25.2. The highest BCUT2D eigenvalue weighted by Crippen LogP contribution is 2.36. The van der Waals surface area contributed by atoms with E-state index in [1.165, 1.54) is 5.56 Å². The van der Waals surface area contributed by atoms with Crippen molar-refractivity contribution in [2.45, 2.75) is 95.7 Å². The third-order valence-electron chi connectivity index (χ3n) is 10.2. The number of nitrogens with zero attached hydrogens (tertiary/aromatic N) is 1. The average molecular weight is 662 g/mol. The van der Waals surface area contributed by atoms with Crippen molar-refractivity contribution < 1.29 is 29.4 Å². The maximum Gasteiger partial charge on any atom is 0.251 e. The highest BCUT2D eigenvalue weighted by atomic mass is 16.5. The Bertz CT molecular complexity index is 1840. The molecule has 0 fully saturated rings. The van der Waals surface area contributed by atoms with Crippen molar-refractivity contribution in [2.24, 2.45) is 16.6 Å². The number of nitrogens with two attached hydrogens (primary N) is 1. The first-order valence-corrected chi connectivity index (χ1v) is 17.7. The number of hydrogen-bond donors (Lipinski definition) is 5. The van der Waals surface area contributed by atoms with E-state index in [4.69, 9.17) is 20.2 Å². The van der Waals surface area contributed by atoms with Crippen LogP contribution in [0.2, 0.25) is 0 Å². The van der Waals surface area contributed by atoms with E-state index in [2.05, 4.69) is 42.3 Å². The number of carbonyl (C=O) groups excluding carboxylic acids is 1. The molecule has 1 unspecified atom stereocenters. The molecule has 7 rings (SSSR count). The van der Waals surface area contributed by atoms with E-state index >= 15 is 0 Å². The number of rotatable bonds is 9. The van der Waals surface area contributed by atoms with Crippen LogP contribution in [0.15, 0.2) is 58.9 Å². The number of carbonyl (C=O) groups is 1. The molecule has 0 aliphatic carbocycles. The molecule has 254 valence electrons. The molecule has 2 aromatic carbocycles. The standard InChI is InChI=1S/C40H44N4O5/c1-2-3-4-7-28(45)21-29(46)11-8-25-9-15-37-38(19-25)49-40-26(6-5-18-48-37)10-14-36(47)31-12-13-32-30(16-17-42-39(32)41)33(31)20-27-22-43-35-24-44(40)23-34(27)35/h9,12-13,15,19,22-23,26,28,36,39-40,42,45,47H,2-4,6-8,11,16-17,20-21,24,41H2,1H3/p+1/t26-,28+,36-,39+,40-/m0/s1. The molecule has 0 spiro atoms. The number of Topliss-reactive ketones (excluding diaryl/α,β-unsaturated/α-hetero) is 1. The summed E-state index contributed by atoms with van der Waals surface area (Å²) < 4.78 is 12.7. The summed E-state index contributed by atoms with van der Waals surface area (Å²) in [7, 11) is 0. The van der Waals surface area contributed by atoms with Crippen LogP contribution in [0.1, 0.15) is 92.0 Å². The number of hydrogen-bond acceptors (Lipinski definition) is 8. The number of quaternary nitrogens is 1. The van der Waals surface area contributed by atoms with E-state index in [9.17, 15) is 15.0 Å². The van der Waals surface area contributed by atoms with E-state index in [0.29, 0.717) is 50.1 Å². The van der Waals surface area contributed by atoms with Gasteiger partial charge in [-0.2, -0.15) is 0 Å². The monoisotopic (exact) mass is 661 g/mol. The second-order valence-electron chi connectivity index (χ2n) is 13.7. The number of benzene rings is 2. The van der Waals surface area contributed by atoms with Crippen LogP contribution < -0.4 is 25.4 Å². The van der Waals surface area contributed by atoms with Gasteiger partial charge < -0.3 is 25.4 Å². The lowest BCUT2D eigenvalue weighted by molar-refractivity contribution is -0.886. The Hall–Kier alpha value is -4.22. The van der Waals surface area contributed by atoms with Gasteiger partial charge in [0.25, 0.3) is 6.23 Å². The van der Waals surface area contributed by atoms with Gasteiger partial charge in [0, 0.05) is 38.4 Å². The third-order valence-corrected chi connectivity index (χ3v) is 10.2. The Labute approximate surface area is 288 Å². The van der Waals surface area contributed by atoms with Gasteiger partial charge in [-0.25, -0.2) is 0 Å². The Balaban J connectivity index is 1.17. The van der Waals surface area contributed by atoms with Crippen LogP contribution >= 0.6 is 0 Å². The molecule has 6 N–H and O–H groups in total. The van der Waals surface area contributed by atoms with Crippen molar-refractivity contribution in [3.05, 3.63) is 81.7 Å². The fourth-order valence-electron chi connectivity index (χ4n) is 7.54. The molecule has 2 bridgehead atoms. The molecule has 0 amide bonds. The number of nitrogens with one attached hydrogen (secondary N) is 2.